The average Bonchev–Trinajstić information content (AvgIpc) is 2.34. The molecule has 0 saturated carbocycles. The van der Waals surface area contributed by atoms with Gasteiger partial charge in [0, 0.05) is 11.0 Å². The first kappa shape index (κ1) is 17.6. The minimum Gasteiger partial charge on any atom is -0.302 e. The largest absolute Gasteiger partial charge is 0.302 e. The number of hydrogen-bond acceptors (Lipinski definition) is 2. The molecule has 0 aliphatic carbocycles. The lowest BCUT2D eigenvalue weighted by Gasteiger charge is -2.37. The second-order valence-electron chi connectivity index (χ2n) is 6.85. The molecule has 0 heterocycles. The molecule has 2 unspecified atom stereocenters. The summed E-state index contributed by atoms with van der Waals surface area (Å²) in [4.78, 5) is 12.7. The van der Waals surface area contributed by atoms with Crippen LogP contribution < -0.4 is 5.32 Å². The average molecular weight is 255 g/mol. The lowest BCUT2D eigenvalue weighted by atomic mass is 9.77. The molecular weight excluding hydrogens is 222 g/mol. The molecule has 2 atom stereocenters. The van der Waals surface area contributed by atoms with E-state index < -0.39 is 0 Å². The highest BCUT2D eigenvalue weighted by atomic mass is 16.1. The van der Waals surface area contributed by atoms with Crippen molar-refractivity contribution in [2.24, 2.45) is 11.3 Å². The zero-order valence-electron chi connectivity index (χ0n) is 13.7. The van der Waals surface area contributed by atoms with Gasteiger partial charge >= 0.3 is 0 Å². The summed E-state index contributed by atoms with van der Waals surface area (Å²) < 4.78 is 0. The molecule has 0 rings (SSSR count). The first-order valence-corrected chi connectivity index (χ1v) is 7.43. The van der Waals surface area contributed by atoms with Gasteiger partial charge < -0.3 is 5.32 Å². The topological polar surface area (TPSA) is 29.1 Å². The number of nitrogens with one attached hydrogen (secondary N) is 1. The Morgan fingerprint density at radius 1 is 1.06 bits per heavy atom. The summed E-state index contributed by atoms with van der Waals surface area (Å²) in [6.45, 7) is 17.1. The summed E-state index contributed by atoms with van der Waals surface area (Å²) in [5, 5.41) is 3.58. The molecule has 0 aliphatic rings. The molecule has 0 bridgehead atoms. The predicted molar refractivity (Wildman–Crippen MR) is 79.8 cm³/mol. The molecule has 108 valence electrons. The van der Waals surface area contributed by atoms with Gasteiger partial charge in [-0.1, -0.05) is 48.0 Å². The van der Waals surface area contributed by atoms with E-state index in [1.807, 2.05) is 0 Å². The fourth-order valence-electron chi connectivity index (χ4n) is 1.82. The summed E-state index contributed by atoms with van der Waals surface area (Å²) in [5.41, 5.74) is -0.210. The number of rotatable bonds is 8. The third-order valence-corrected chi connectivity index (χ3v) is 4.48. The number of Topliss-reactive ketones (excluding diaryl/α,β-unsaturated/α-hetero) is 1. The van der Waals surface area contributed by atoms with E-state index in [9.17, 15) is 4.79 Å². The molecule has 0 aromatic carbocycles. The summed E-state index contributed by atoms with van der Waals surface area (Å²) >= 11 is 0. The normalized spacial score (nSPS) is 16.4. The molecule has 0 radical (unpaired) electrons. The highest BCUT2D eigenvalue weighted by molar-refractivity contribution is 5.89. The van der Waals surface area contributed by atoms with Crippen LogP contribution in [0.1, 0.15) is 74.7 Å². The maximum atomic E-state index is 12.7. The van der Waals surface area contributed by atoms with E-state index in [4.69, 9.17) is 0 Å². The first-order chi connectivity index (χ1) is 8.11. The summed E-state index contributed by atoms with van der Waals surface area (Å²) in [5.74, 6) is 0.745. The molecule has 18 heavy (non-hydrogen) atoms. The van der Waals surface area contributed by atoms with Gasteiger partial charge in [0.25, 0.3) is 0 Å². The van der Waals surface area contributed by atoms with E-state index in [0.29, 0.717) is 11.7 Å². The van der Waals surface area contributed by atoms with Crippen molar-refractivity contribution in [2.75, 3.05) is 0 Å². The van der Waals surface area contributed by atoms with Crippen molar-refractivity contribution in [2.45, 2.75) is 86.2 Å². The number of ketones is 1. The van der Waals surface area contributed by atoms with Gasteiger partial charge in [0.15, 0.2) is 5.78 Å². The monoisotopic (exact) mass is 255 g/mol. The summed E-state index contributed by atoms with van der Waals surface area (Å²) in [6, 6.07) is -0.0279. The van der Waals surface area contributed by atoms with Crippen molar-refractivity contribution >= 4 is 5.78 Å². The Labute approximate surface area is 114 Å². The molecule has 1 N–H and O–H groups in total. The van der Waals surface area contributed by atoms with Crippen molar-refractivity contribution < 1.29 is 4.79 Å². The van der Waals surface area contributed by atoms with E-state index in [0.717, 1.165) is 19.3 Å². The number of carbonyl (C=O) groups is 1. The molecule has 0 fully saturated rings. The van der Waals surface area contributed by atoms with Crippen molar-refractivity contribution in [3.05, 3.63) is 0 Å². The Balaban J connectivity index is 5.08. The second-order valence-corrected chi connectivity index (χ2v) is 6.85. The van der Waals surface area contributed by atoms with Gasteiger partial charge in [0.05, 0.1) is 6.04 Å². The number of hydrogen-bond donors (Lipinski definition) is 1. The van der Waals surface area contributed by atoms with Crippen LogP contribution >= 0.6 is 0 Å². The lowest BCUT2D eigenvalue weighted by molar-refractivity contribution is -0.131. The molecule has 2 heteroatoms. The first-order valence-electron chi connectivity index (χ1n) is 7.43. The quantitative estimate of drug-likeness (QED) is 0.705. The van der Waals surface area contributed by atoms with Gasteiger partial charge in [-0.25, -0.2) is 0 Å². The van der Waals surface area contributed by atoms with Gasteiger partial charge in [-0.2, -0.15) is 0 Å². The highest BCUT2D eigenvalue weighted by Crippen LogP contribution is 2.27. The Morgan fingerprint density at radius 2 is 1.56 bits per heavy atom. The molecule has 0 spiro atoms. The van der Waals surface area contributed by atoms with Crippen LogP contribution in [0, 0.1) is 11.3 Å². The van der Waals surface area contributed by atoms with E-state index in [2.05, 4.69) is 60.7 Å². The SMILES string of the molecule is CCC(C)C(NC(C)(C)CC)C(=O)C(C)(C)CC. The van der Waals surface area contributed by atoms with Crippen molar-refractivity contribution in [1.82, 2.24) is 5.32 Å². The van der Waals surface area contributed by atoms with Gasteiger partial charge in [0.1, 0.15) is 0 Å². The van der Waals surface area contributed by atoms with Gasteiger partial charge in [0.2, 0.25) is 0 Å². The van der Waals surface area contributed by atoms with Crippen LogP contribution in [0.15, 0.2) is 0 Å². The van der Waals surface area contributed by atoms with Crippen molar-refractivity contribution in [1.29, 1.82) is 0 Å². The van der Waals surface area contributed by atoms with Crippen LogP contribution in [0.25, 0.3) is 0 Å². The molecule has 0 aliphatic heterocycles. The Bertz CT molecular complexity index is 268. The standard InChI is InChI=1S/C16H33NO/c1-9-12(4)13(17-16(7,8)11-3)14(18)15(5,6)10-2/h12-13,17H,9-11H2,1-8H3. The fraction of sp³-hybridized carbons (Fsp3) is 0.938. The van der Waals surface area contributed by atoms with Crippen LogP contribution in [0.5, 0.6) is 0 Å². The molecule has 0 aromatic heterocycles. The summed E-state index contributed by atoms with van der Waals surface area (Å²) in [6.07, 6.45) is 2.95. The van der Waals surface area contributed by atoms with Crippen LogP contribution in [0.2, 0.25) is 0 Å². The van der Waals surface area contributed by atoms with Crippen LogP contribution in [0.3, 0.4) is 0 Å². The third kappa shape index (κ3) is 4.72. The van der Waals surface area contributed by atoms with E-state index in [1.165, 1.54) is 0 Å². The molecule has 0 amide bonds. The highest BCUT2D eigenvalue weighted by Gasteiger charge is 2.36. The number of carbonyl (C=O) groups excluding carboxylic acids is 1. The van der Waals surface area contributed by atoms with Crippen LogP contribution in [-0.2, 0) is 4.79 Å². The van der Waals surface area contributed by atoms with Crippen LogP contribution in [0.4, 0.5) is 0 Å². The smallest absolute Gasteiger partial charge is 0.155 e. The molecule has 2 nitrogen and oxygen atoms in total. The Kier molecular flexibility index (Phi) is 6.56. The van der Waals surface area contributed by atoms with Gasteiger partial charge in [-0.05, 0) is 32.6 Å². The van der Waals surface area contributed by atoms with E-state index >= 15 is 0 Å². The maximum absolute atomic E-state index is 12.7. The van der Waals surface area contributed by atoms with Crippen molar-refractivity contribution in [3.63, 3.8) is 0 Å². The van der Waals surface area contributed by atoms with Crippen LogP contribution in [-0.4, -0.2) is 17.4 Å². The third-order valence-electron chi connectivity index (χ3n) is 4.48. The Hall–Kier alpha value is -0.370. The molecular formula is C16H33NO. The van der Waals surface area contributed by atoms with Gasteiger partial charge in [-0.15, -0.1) is 0 Å². The van der Waals surface area contributed by atoms with Crippen molar-refractivity contribution in [3.8, 4) is 0 Å². The van der Waals surface area contributed by atoms with E-state index in [-0.39, 0.29) is 17.0 Å². The minimum atomic E-state index is -0.231. The predicted octanol–water partition coefficient (Wildman–Crippen LogP) is 4.18. The molecule has 0 saturated heterocycles. The minimum absolute atomic E-state index is 0.0214. The lowest BCUT2D eigenvalue weighted by Crippen LogP contribution is -2.55. The second kappa shape index (κ2) is 6.70. The molecule has 0 aromatic rings. The zero-order valence-corrected chi connectivity index (χ0v) is 13.7. The maximum Gasteiger partial charge on any atom is 0.155 e. The van der Waals surface area contributed by atoms with E-state index in [1.54, 1.807) is 0 Å². The zero-order chi connectivity index (χ0) is 14.6. The Morgan fingerprint density at radius 3 is 1.89 bits per heavy atom. The fourth-order valence-corrected chi connectivity index (χ4v) is 1.82. The summed E-state index contributed by atoms with van der Waals surface area (Å²) in [7, 11) is 0. The van der Waals surface area contributed by atoms with Gasteiger partial charge in [-0.3, -0.25) is 4.79 Å².